The van der Waals surface area contributed by atoms with Crippen LogP contribution in [0, 0.1) is 0 Å². The number of hydrogen-bond donors (Lipinski definition) is 1. The van der Waals surface area contributed by atoms with Gasteiger partial charge in [0.25, 0.3) is 0 Å². The molecule has 0 aromatic carbocycles. The molecule has 0 radical (unpaired) electrons. The highest BCUT2D eigenvalue weighted by molar-refractivity contribution is 6.02. The van der Waals surface area contributed by atoms with E-state index in [0.717, 1.165) is 0 Å². The molecule has 0 aliphatic carbocycles. The van der Waals surface area contributed by atoms with Crippen molar-refractivity contribution < 1.29 is 9.53 Å². The third kappa shape index (κ3) is 1.02. The highest BCUT2D eigenvalue weighted by Crippen LogP contribution is 2.17. The molecule has 0 amide bonds. The van der Waals surface area contributed by atoms with E-state index in [-0.39, 0.29) is 0 Å². The average molecular weight is 217 g/mol. The Morgan fingerprint density at radius 3 is 3.25 bits per heavy atom. The molecule has 3 rings (SSSR count). The Labute approximate surface area is 89.1 Å². The third-order valence-corrected chi connectivity index (χ3v) is 2.36. The van der Waals surface area contributed by atoms with E-state index in [0.29, 0.717) is 22.4 Å². The van der Waals surface area contributed by atoms with Crippen LogP contribution >= 0.6 is 0 Å². The molecular weight excluding hydrogens is 210 g/mol. The molecule has 3 aromatic heterocycles. The van der Waals surface area contributed by atoms with Gasteiger partial charge in [0.15, 0.2) is 11.3 Å². The van der Waals surface area contributed by atoms with E-state index in [1.807, 2.05) is 0 Å². The van der Waals surface area contributed by atoms with E-state index in [4.69, 9.17) is 0 Å². The Kier molecular flexibility index (Phi) is 1.67. The van der Waals surface area contributed by atoms with E-state index in [1.165, 1.54) is 13.4 Å². The normalized spacial score (nSPS) is 11.1. The largest absolute Gasteiger partial charge is 0.465 e. The van der Waals surface area contributed by atoms with Gasteiger partial charge in [0.05, 0.1) is 13.3 Å². The zero-order valence-corrected chi connectivity index (χ0v) is 8.34. The number of methoxy groups -OCH3 is 1. The predicted octanol–water partition coefficient (Wildman–Crippen LogP) is 0.392. The number of esters is 1. The Hall–Kier alpha value is -2.44. The zero-order chi connectivity index (χ0) is 11.1. The fourth-order valence-corrected chi connectivity index (χ4v) is 1.64. The molecule has 3 aromatic rings. The van der Waals surface area contributed by atoms with E-state index < -0.39 is 5.97 Å². The van der Waals surface area contributed by atoms with Gasteiger partial charge in [0.2, 0.25) is 0 Å². The molecule has 0 fully saturated rings. The van der Waals surface area contributed by atoms with Crippen LogP contribution in [0.15, 0.2) is 18.7 Å². The minimum atomic E-state index is -0.422. The third-order valence-electron chi connectivity index (χ3n) is 2.36. The van der Waals surface area contributed by atoms with E-state index >= 15 is 0 Å². The number of fused-ring (bicyclic) bond motifs is 3. The summed E-state index contributed by atoms with van der Waals surface area (Å²) in [5.74, 6) is -0.422. The minimum absolute atomic E-state index is 0.412. The van der Waals surface area contributed by atoms with E-state index in [1.54, 1.807) is 16.8 Å². The van der Waals surface area contributed by atoms with E-state index in [9.17, 15) is 4.79 Å². The number of nitrogens with zero attached hydrogens (tertiary/aromatic N) is 4. The molecule has 0 saturated heterocycles. The first-order chi connectivity index (χ1) is 7.81. The van der Waals surface area contributed by atoms with Crippen LogP contribution < -0.4 is 0 Å². The summed E-state index contributed by atoms with van der Waals surface area (Å²) >= 11 is 0. The first-order valence-electron chi connectivity index (χ1n) is 4.55. The van der Waals surface area contributed by atoms with Gasteiger partial charge in [0, 0.05) is 6.20 Å². The van der Waals surface area contributed by atoms with Gasteiger partial charge in [-0.15, -0.1) is 10.2 Å². The molecule has 0 unspecified atom stereocenters. The highest BCUT2D eigenvalue weighted by Gasteiger charge is 2.16. The number of carbonyl (C=O) groups excluding carboxylic acids is 1. The summed E-state index contributed by atoms with van der Waals surface area (Å²) in [6, 6.07) is 0. The maximum absolute atomic E-state index is 11.5. The number of ether oxygens (including phenoxy) is 1. The number of carbonyl (C=O) groups is 1. The number of H-pyrrole nitrogens is 1. The highest BCUT2D eigenvalue weighted by atomic mass is 16.5. The summed E-state index contributed by atoms with van der Waals surface area (Å²) in [7, 11) is 1.33. The second-order valence-corrected chi connectivity index (χ2v) is 3.21. The van der Waals surface area contributed by atoms with Crippen LogP contribution in [0.5, 0.6) is 0 Å². The number of aromatic amines is 1. The lowest BCUT2D eigenvalue weighted by Gasteiger charge is -1.98. The average Bonchev–Trinajstić information content (AvgIpc) is 2.92. The molecule has 7 nitrogen and oxygen atoms in total. The van der Waals surface area contributed by atoms with E-state index in [2.05, 4.69) is 24.9 Å². The quantitative estimate of drug-likeness (QED) is 0.596. The van der Waals surface area contributed by atoms with Crippen LogP contribution in [0.25, 0.3) is 16.8 Å². The molecule has 0 aliphatic heterocycles. The van der Waals surface area contributed by atoms with Crippen molar-refractivity contribution in [1.82, 2.24) is 24.6 Å². The molecule has 80 valence electrons. The van der Waals surface area contributed by atoms with Crippen molar-refractivity contribution in [2.45, 2.75) is 0 Å². The number of hydrogen-bond acceptors (Lipinski definition) is 5. The van der Waals surface area contributed by atoms with Crippen molar-refractivity contribution in [2.24, 2.45) is 0 Å². The van der Waals surface area contributed by atoms with Gasteiger partial charge in [-0.25, -0.2) is 9.78 Å². The van der Waals surface area contributed by atoms with Crippen molar-refractivity contribution in [3.8, 4) is 0 Å². The van der Waals surface area contributed by atoms with Crippen LogP contribution in [-0.2, 0) is 4.74 Å². The van der Waals surface area contributed by atoms with Gasteiger partial charge in [-0.2, -0.15) is 0 Å². The first kappa shape index (κ1) is 8.84. The fourth-order valence-electron chi connectivity index (χ4n) is 1.64. The predicted molar refractivity (Wildman–Crippen MR) is 54.0 cm³/mol. The van der Waals surface area contributed by atoms with Crippen molar-refractivity contribution in [1.29, 1.82) is 0 Å². The molecule has 3 heterocycles. The summed E-state index contributed by atoms with van der Waals surface area (Å²) in [6.45, 7) is 0. The first-order valence-corrected chi connectivity index (χ1v) is 4.55. The lowest BCUT2D eigenvalue weighted by molar-refractivity contribution is 0.0602. The van der Waals surface area contributed by atoms with Gasteiger partial charge in [0.1, 0.15) is 17.4 Å². The second-order valence-electron chi connectivity index (χ2n) is 3.21. The van der Waals surface area contributed by atoms with Gasteiger partial charge in [-0.3, -0.25) is 4.40 Å². The Bertz CT molecular complexity index is 683. The maximum Gasteiger partial charge on any atom is 0.341 e. The van der Waals surface area contributed by atoms with Crippen LogP contribution in [-0.4, -0.2) is 37.6 Å². The van der Waals surface area contributed by atoms with Gasteiger partial charge in [-0.05, 0) is 0 Å². The van der Waals surface area contributed by atoms with Gasteiger partial charge in [-0.1, -0.05) is 0 Å². The van der Waals surface area contributed by atoms with Crippen LogP contribution in [0.3, 0.4) is 0 Å². The fraction of sp³-hybridized carbons (Fsp3) is 0.111. The molecule has 7 heteroatoms. The zero-order valence-electron chi connectivity index (χ0n) is 8.34. The molecule has 1 N–H and O–H groups in total. The van der Waals surface area contributed by atoms with Crippen molar-refractivity contribution in [2.75, 3.05) is 7.11 Å². The van der Waals surface area contributed by atoms with Crippen molar-refractivity contribution >= 4 is 22.8 Å². The SMILES string of the molecule is COC(=O)c1c[nH]c2ncc3nncn3c12. The lowest BCUT2D eigenvalue weighted by Crippen LogP contribution is -2.02. The molecule has 0 spiro atoms. The topological polar surface area (TPSA) is 85.2 Å². The summed E-state index contributed by atoms with van der Waals surface area (Å²) in [4.78, 5) is 18.6. The van der Waals surface area contributed by atoms with Crippen molar-refractivity contribution in [3.05, 3.63) is 24.3 Å². The molecule has 0 saturated carbocycles. The van der Waals surface area contributed by atoms with Crippen LogP contribution in [0.2, 0.25) is 0 Å². The summed E-state index contributed by atoms with van der Waals surface area (Å²) in [5, 5.41) is 7.62. The molecule has 0 aliphatic rings. The number of rotatable bonds is 1. The molecule has 0 atom stereocenters. The summed E-state index contributed by atoms with van der Waals surface area (Å²) < 4.78 is 6.37. The van der Waals surface area contributed by atoms with Crippen molar-refractivity contribution in [3.63, 3.8) is 0 Å². The molecule has 0 bridgehead atoms. The molecular formula is C9H7N5O2. The van der Waals surface area contributed by atoms with Gasteiger partial charge >= 0.3 is 5.97 Å². The number of aromatic nitrogens is 5. The smallest absolute Gasteiger partial charge is 0.341 e. The minimum Gasteiger partial charge on any atom is -0.465 e. The monoisotopic (exact) mass is 217 g/mol. The van der Waals surface area contributed by atoms with Crippen LogP contribution in [0.4, 0.5) is 0 Å². The molecule has 16 heavy (non-hydrogen) atoms. The number of nitrogens with one attached hydrogen (secondary N) is 1. The van der Waals surface area contributed by atoms with Gasteiger partial charge < -0.3 is 9.72 Å². The maximum atomic E-state index is 11.5. The Morgan fingerprint density at radius 1 is 1.56 bits per heavy atom. The second kappa shape index (κ2) is 3.02. The lowest BCUT2D eigenvalue weighted by atomic mass is 10.3. The Morgan fingerprint density at radius 2 is 2.44 bits per heavy atom. The summed E-state index contributed by atoms with van der Waals surface area (Å²) in [6.07, 6.45) is 4.66. The summed E-state index contributed by atoms with van der Waals surface area (Å²) in [5.41, 5.74) is 2.20. The standard InChI is InChI=1S/C9H7N5O2/c1-16-9(15)5-2-10-8-7(5)14-4-12-13-6(14)3-11-8/h2-4,10H,1H3. The Balaban J connectivity index is 2.45. The van der Waals surface area contributed by atoms with Crippen LogP contribution in [0.1, 0.15) is 10.4 Å².